The van der Waals surface area contributed by atoms with Crippen molar-refractivity contribution in [3.63, 3.8) is 0 Å². The third-order valence-corrected chi connectivity index (χ3v) is 5.74. The minimum Gasteiger partial charge on any atom is -0.348 e. The quantitative estimate of drug-likeness (QED) is 0.543. The Morgan fingerprint density at radius 3 is 2.33 bits per heavy atom. The topological polar surface area (TPSA) is 49.4 Å². The minimum absolute atomic E-state index is 0.0885. The summed E-state index contributed by atoms with van der Waals surface area (Å²) in [6, 6.07) is 20.0. The number of nitrogens with one attached hydrogen (secondary N) is 1. The zero-order valence-electron chi connectivity index (χ0n) is 17.9. The summed E-state index contributed by atoms with van der Waals surface area (Å²) in [7, 11) is 0. The van der Waals surface area contributed by atoms with Crippen LogP contribution in [0, 0.1) is 0 Å². The highest BCUT2D eigenvalue weighted by Crippen LogP contribution is 2.32. The normalized spacial score (nSPS) is 13.9. The zero-order valence-corrected chi connectivity index (χ0v) is 17.9. The number of carbonyl (C=O) groups excluding carboxylic acids is 2. The molecule has 0 aliphatic carbocycles. The van der Waals surface area contributed by atoms with Crippen molar-refractivity contribution >= 4 is 11.8 Å². The Morgan fingerprint density at radius 1 is 0.939 bits per heavy atom. The van der Waals surface area contributed by atoms with Gasteiger partial charge in [-0.15, -0.1) is 0 Å². The fourth-order valence-electron chi connectivity index (χ4n) is 4.04. The van der Waals surface area contributed by atoms with Crippen molar-refractivity contribution in [1.29, 1.82) is 0 Å². The van der Waals surface area contributed by atoms with Crippen molar-refractivity contribution < 1.29 is 22.8 Å². The summed E-state index contributed by atoms with van der Waals surface area (Å²) in [5.41, 5.74) is 2.27. The van der Waals surface area contributed by atoms with E-state index in [4.69, 9.17) is 0 Å². The maximum Gasteiger partial charge on any atom is 0.417 e. The van der Waals surface area contributed by atoms with Gasteiger partial charge in [0.05, 0.1) is 11.1 Å². The third-order valence-electron chi connectivity index (χ3n) is 5.74. The largest absolute Gasteiger partial charge is 0.417 e. The highest BCUT2D eigenvalue weighted by molar-refractivity contribution is 5.96. The lowest BCUT2D eigenvalue weighted by Crippen LogP contribution is -2.26. The lowest BCUT2D eigenvalue weighted by Gasteiger charge is -2.16. The van der Waals surface area contributed by atoms with Crippen molar-refractivity contribution in [3.8, 4) is 11.1 Å². The van der Waals surface area contributed by atoms with E-state index >= 15 is 0 Å². The molecule has 4 nitrogen and oxygen atoms in total. The molecule has 2 amide bonds. The van der Waals surface area contributed by atoms with Crippen molar-refractivity contribution in [2.75, 3.05) is 6.54 Å². The standard InChI is InChI=1S/C26H23F3N2O2/c27-26(28,29)23-9-4-3-8-22(23)25(33)30-16-20-6-1-2-7-21(20)19-13-11-18(12-14-19)17-31-15-5-10-24(31)32/h1-4,6-9,11-14H,5,10,15-17H2,(H,30,33). The lowest BCUT2D eigenvalue weighted by atomic mass is 9.98. The van der Waals surface area contributed by atoms with E-state index in [9.17, 15) is 22.8 Å². The summed E-state index contributed by atoms with van der Waals surface area (Å²) >= 11 is 0. The first-order chi connectivity index (χ1) is 15.8. The second-order valence-corrected chi connectivity index (χ2v) is 8.00. The fourth-order valence-corrected chi connectivity index (χ4v) is 4.04. The number of rotatable bonds is 6. The Labute approximate surface area is 190 Å². The lowest BCUT2D eigenvalue weighted by molar-refractivity contribution is -0.138. The predicted molar refractivity (Wildman–Crippen MR) is 119 cm³/mol. The van der Waals surface area contributed by atoms with Crippen LogP contribution in [0.2, 0.25) is 0 Å². The minimum atomic E-state index is -4.60. The summed E-state index contributed by atoms with van der Waals surface area (Å²) in [4.78, 5) is 26.2. The molecule has 170 valence electrons. The molecule has 4 rings (SSSR count). The summed E-state index contributed by atoms with van der Waals surface area (Å²) in [5, 5.41) is 2.62. The Bertz CT molecular complexity index is 1160. The monoisotopic (exact) mass is 452 g/mol. The van der Waals surface area contributed by atoms with Crippen molar-refractivity contribution in [2.45, 2.75) is 32.1 Å². The van der Waals surface area contributed by atoms with Crippen molar-refractivity contribution in [1.82, 2.24) is 10.2 Å². The van der Waals surface area contributed by atoms with Crippen LogP contribution in [0.4, 0.5) is 13.2 Å². The SMILES string of the molecule is O=C(NCc1ccccc1-c1ccc(CN2CCCC2=O)cc1)c1ccccc1C(F)(F)F. The van der Waals surface area contributed by atoms with Crippen LogP contribution in [-0.4, -0.2) is 23.3 Å². The van der Waals surface area contributed by atoms with Gasteiger partial charge in [-0.2, -0.15) is 13.2 Å². The first-order valence-corrected chi connectivity index (χ1v) is 10.7. The van der Waals surface area contributed by atoms with Gasteiger partial charge in [-0.3, -0.25) is 9.59 Å². The van der Waals surface area contributed by atoms with Crippen LogP contribution in [0.1, 0.15) is 39.9 Å². The maximum absolute atomic E-state index is 13.2. The number of benzene rings is 3. The Morgan fingerprint density at radius 2 is 1.64 bits per heavy atom. The number of alkyl halides is 3. The number of carbonyl (C=O) groups is 2. The van der Waals surface area contributed by atoms with Gasteiger partial charge in [0.2, 0.25) is 5.91 Å². The molecular weight excluding hydrogens is 429 g/mol. The number of likely N-dealkylation sites (tertiary alicyclic amines) is 1. The van der Waals surface area contributed by atoms with Crippen LogP contribution < -0.4 is 5.32 Å². The van der Waals surface area contributed by atoms with Gasteiger partial charge in [-0.1, -0.05) is 60.7 Å². The van der Waals surface area contributed by atoms with Crippen molar-refractivity contribution in [2.24, 2.45) is 0 Å². The Kier molecular flexibility index (Phi) is 6.49. The van der Waals surface area contributed by atoms with Gasteiger partial charge in [0.25, 0.3) is 5.91 Å². The molecule has 0 radical (unpaired) electrons. The van der Waals surface area contributed by atoms with E-state index in [0.29, 0.717) is 13.0 Å². The van der Waals surface area contributed by atoms with Crippen molar-refractivity contribution in [3.05, 3.63) is 95.1 Å². The number of halogens is 3. The van der Waals surface area contributed by atoms with E-state index < -0.39 is 23.2 Å². The van der Waals surface area contributed by atoms with Crippen LogP contribution in [0.3, 0.4) is 0 Å². The molecule has 0 atom stereocenters. The molecule has 1 fully saturated rings. The zero-order chi connectivity index (χ0) is 23.4. The Hall–Kier alpha value is -3.61. The molecule has 0 aromatic heterocycles. The van der Waals surface area contributed by atoms with Gasteiger partial charge in [0.15, 0.2) is 0 Å². The summed E-state index contributed by atoms with van der Waals surface area (Å²) in [6.45, 7) is 1.45. The predicted octanol–water partition coefficient (Wildman–Crippen LogP) is 5.42. The van der Waals surface area contributed by atoms with Gasteiger partial charge in [0, 0.05) is 26.1 Å². The molecule has 1 saturated heterocycles. The first kappa shape index (κ1) is 22.6. The number of hydrogen-bond acceptors (Lipinski definition) is 2. The molecule has 1 heterocycles. The van der Waals surface area contributed by atoms with Crippen LogP contribution in [0.5, 0.6) is 0 Å². The van der Waals surface area contributed by atoms with Crippen LogP contribution >= 0.6 is 0 Å². The molecule has 0 unspecified atom stereocenters. The molecule has 0 spiro atoms. The van der Waals surface area contributed by atoms with E-state index in [-0.39, 0.29) is 12.5 Å². The van der Waals surface area contributed by atoms with Gasteiger partial charge in [-0.25, -0.2) is 0 Å². The molecule has 33 heavy (non-hydrogen) atoms. The van der Waals surface area contributed by atoms with Gasteiger partial charge in [0.1, 0.15) is 0 Å². The number of nitrogens with zero attached hydrogens (tertiary/aromatic N) is 1. The van der Waals surface area contributed by atoms with Gasteiger partial charge < -0.3 is 10.2 Å². The Balaban J connectivity index is 1.48. The highest BCUT2D eigenvalue weighted by atomic mass is 19.4. The molecule has 7 heteroatoms. The summed E-state index contributed by atoms with van der Waals surface area (Å²) < 4.78 is 39.7. The smallest absolute Gasteiger partial charge is 0.348 e. The maximum atomic E-state index is 13.2. The number of amides is 2. The average Bonchev–Trinajstić information content (AvgIpc) is 3.22. The molecule has 0 bridgehead atoms. The first-order valence-electron chi connectivity index (χ1n) is 10.7. The number of hydrogen-bond donors (Lipinski definition) is 1. The molecule has 3 aromatic rings. The van der Waals surface area contributed by atoms with Gasteiger partial charge >= 0.3 is 6.18 Å². The van der Waals surface area contributed by atoms with E-state index in [2.05, 4.69) is 5.32 Å². The summed E-state index contributed by atoms with van der Waals surface area (Å²) in [6.07, 6.45) is -3.11. The summed E-state index contributed by atoms with van der Waals surface area (Å²) in [5.74, 6) is -0.601. The van der Waals surface area contributed by atoms with E-state index in [1.54, 1.807) is 0 Å². The van der Waals surface area contributed by atoms with Crippen LogP contribution in [0.25, 0.3) is 11.1 Å². The second-order valence-electron chi connectivity index (χ2n) is 8.00. The molecule has 1 N–H and O–H groups in total. The highest BCUT2D eigenvalue weighted by Gasteiger charge is 2.34. The van der Waals surface area contributed by atoms with Gasteiger partial charge in [-0.05, 0) is 40.8 Å². The van der Waals surface area contributed by atoms with E-state index in [1.807, 2.05) is 53.4 Å². The average molecular weight is 452 g/mol. The van der Waals surface area contributed by atoms with E-state index in [0.717, 1.165) is 41.3 Å². The fraction of sp³-hybridized carbons (Fsp3) is 0.231. The second kappa shape index (κ2) is 9.48. The molecule has 1 aliphatic rings. The molecule has 1 aliphatic heterocycles. The molecular formula is C26H23F3N2O2. The van der Waals surface area contributed by atoms with Crippen LogP contribution in [0.15, 0.2) is 72.8 Å². The van der Waals surface area contributed by atoms with E-state index in [1.165, 1.54) is 18.2 Å². The van der Waals surface area contributed by atoms with Crippen LogP contribution in [-0.2, 0) is 24.1 Å². The third kappa shape index (κ3) is 5.25. The molecule has 0 saturated carbocycles. The molecule has 3 aromatic carbocycles.